The Morgan fingerprint density at radius 3 is 2.95 bits per heavy atom. The lowest BCUT2D eigenvalue weighted by atomic mass is 10.3. The minimum Gasteiger partial charge on any atom is -0.353 e. The molecule has 1 saturated heterocycles. The number of hydrogen-bond acceptors (Lipinski definition) is 2. The van der Waals surface area contributed by atoms with Crippen LogP contribution in [0, 0.1) is 0 Å². The Kier molecular flexibility index (Phi) is 5.25. The van der Waals surface area contributed by atoms with Crippen LogP contribution in [0.15, 0.2) is 23.3 Å². The van der Waals surface area contributed by atoms with Gasteiger partial charge in [0.05, 0.1) is 6.54 Å². The van der Waals surface area contributed by atoms with Gasteiger partial charge in [-0.25, -0.2) is 0 Å². The number of aromatic nitrogens is 1. The lowest BCUT2D eigenvalue weighted by molar-refractivity contribution is -0.129. The Labute approximate surface area is 126 Å². The Hall–Kier alpha value is -1.98. The summed E-state index contributed by atoms with van der Waals surface area (Å²) >= 11 is 0. The third-order valence-corrected chi connectivity index (χ3v) is 3.90. The van der Waals surface area contributed by atoms with E-state index in [1.807, 2.05) is 31.1 Å². The number of rotatable bonds is 4. The molecule has 1 aromatic rings. The van der Waals surface area contributed by atoms with Crippen LogP contribution >= 0.6 is 0 Å². The van der Waals surface area contributed by atoms with E-state index in [1.165, 1.54) is 5.69 Å². The van der Waals surface area contributed by atoms with Crippen molar-refractivity contribution in [2.45, 2.75) is 32.4 Å². The minimum atomic E-state index is 0.228. The molecule has 2 rings (SSSR count). The van der Waals surface area contributed by atoms with Crippen LogP contribution in [0.4, 0.5) is 0 Å². The highest BCUT2D eigenvalue weighted by Crippen LogP contribution is 2.10. The van der Waals surface area contributed by atoms with Gasteiger partial charge in [0.15, 0.2) is 5.96 Å². The average Bonchev–Trinajstić information content (AvgIpc) is 3.11. The number of hydrogen-bond donors (Lipinski definition) is 2. The first kappa shape index (κ1) is 15.4. The standard InChI is InChI=1S/C15H25N5O/c1-4-14(21)20-9-7-12(11-20)18-15(16-2)17-10-13-6-5-8-19(13)3/h5-6,8,12H,4,7,9-11H2,1-3H3,(H2,16,17,18). The summed E-state index contributed by atoms with van der Waals surface area (Å²) in [6.45, 7) is 4.23. The Morgan fingerprint density at radius 1 is 1.52 bits per heavy atom. The van der Waals surface area contributed by atoms with Crippen LogP contribution in [0.25, 0.3) is 0 Å². The van der Waals surface area contributed by atoms with E-state index in [-0.39, 0.29) is 11.9 Å². The summed E-state index contributed by atoms with van der Waals surface area (Å²) in [4.78, 5) is 17.9. The zero-order chi connectivity index (χ0) is 15.2. The van der Waals surface area contributed by atoms with E-state index in [1.54, 1.807) is 7.05 Å². The van der Waals surface area contributed by atoms with Gasteiger partial charge in [0, 0.05) is 51.5 Å². The van der Waals surface area contributed by atoms with Crippen LogP contribution < -0.4 is 10.6 Å². The molecule has 1 aliphatic rings. The molecule has 0 radical (unpaired) electrons. The molecule has 0 aliphatic carbocycles. The fraction of sp³-hybridized carbons (Fsp3) is 0.600. The summed E-state index contributed by atoms with van der Waals surface area (Å²) in [5.41, 5.74) is 1.20. The van der Waals surface area contributed by atoms with Gasteiger partial charge in [-0.3, -0.25) is 9.79 Å². The molecule has 0 spiro atoms. The Bertz CT molecular complexity index is 508. The third-order valence-electron chi connectivity index (χ3n) is 3.90. The zero-order valence-corrected chi connectivity index (χ0v) is 13.1. The molecule has 0 aromatic carbocycles. The fourth-order valence-electron chi connectivity index (χ4n) is 2.57. The second-order valence-corrected chi connectivity index (χ2v) is 5.36. The molecule has 1 aliphatic heterocycles. The van der Waals surface area contributed by atoms with Crippen molar-refractivity contribution in [3.63, 3.8) is 0 Å². The molecule has 1 amide bonds. The maximum absolute atomic E-state index is 11.7. The number of carbonyl (C=O) groups excluding carboxylic acids is 1. The SMILES string of the molecule is CCC(=O)N1CCC(NC(=NC)NCc2cccn2C)C1. The number of amides is 1. The van der Waals surface area contributed by atoms with Crippen molar-refractivity contribution in [2.24, 2.45) is 12.0 Å². The largest absolute Gasteiger partial charge is 0.353 e. The molecular formula is C15H25N5O. The van der Waals surface area contributed by atoms with Crippen molar-refractivity contribution in [2.75, 3.05) is 20.1 Å². The lowest BCUT2D eigenvalue weighted by Crippen LogP contribution is -2.44. The summed E-state index contributed by atoms with van der Waals surface area (Å²) in [5, 5.41) is 6.70. The molecular weight excluding hydrogens is 266 g/mol. The molecule has 1 fully saturated rings. The van der Waals surface area contributed by atoms with Gasteiger partial charge in [0.1, 0.15) is 0 Å². The molecule has 0 bridgehead atoms. The number of carbonyl (C=O) groups is 1. The first-order chi connectivity index (χ1) is 10.1. The van der Waals surface area contributed by atoms with Crippen molar-refractivity contribution < 1.29 is 4.79 Å². The normalized spacial score (nSPS) is 18.9. The van der Waals surface area contributed by atoms with Gasteiger partial charge < -0.3 is 20.1 Å². The monoisotopic (exact) mass is 291 g/mol. The molecule has 116 valence electrons. The summed E-state index contributed by atoms with van der Waals surface area (Å²) in [6.07, 6.45) is 3.57. The van der Waals surface area contributed by atoms with Crippen molar-refractivity contribution >= 4 is 11.9 Å². The number of aryl methyl sites for hydroxylation is 1. The minimum absolute atomic E-state index is 0.228. The number of guanidine groups is 1. The van der Waals surface area contributed by atoms with Crippen LogP contribution in [0.1, 0.15) is 25.5 Å². The Balaban J connectivity index is 1.81. The smallest absolute Gasteiger partial charge is 0.222 e. The molecule has 21 heavy (non-hydrogen) atoms. The van der Waals surface area contributed by atoms with E-state index in [4.69, 9.17) is 0 Å². The molecule has 1 unspecified atom stereocenters. The predicted octanol–water partition coefficient (Wildman–Crippen LogP) is 0.701. The maximum Gasteiger partial charge on any atom is 0.222 e. The van der Waals surface area contributed by atoms with Crippen molar-refractivity contribution in [3.8, 4) is 0 Å². The Morgan fingerprint density at radius 2 is 2.33 bits per heavy atom. The van der Waals surface area contributed by atoms with Crippen LogP contribution in [-0.4, -0.2) is 47.5 Å². The highest BCUT2D eigenvalue weighted by atomic mass is 16.2. The summed E-state index contributed by atoms with van der Waals surface area (Å²) < 4.78 is 2.08. The quantitative estimate of drug-likeness (QED) is 0.634. The van der Waals surface area contributed by atoms with E-state index in [9.17, 15) is 4.79 Å². The van der Waals surface area contributed by atoms with E-state index in [0.717, 1.165) is 32.0 Å². The van der Waals surface area contributed by atoms with Crippen LogP contribution in [0.3, 0.4) is 0 Å². The summed E-state index contributed by atoms with van der Waals surface area (Å²) in [6, 6.07) is 4.38. The molecule has 0 saturated carbocycles. The lowest BCUT2D eigenvalue weighted by Gasteiger charge is -2.18. The van der Waals surface area contributed by atoms with Crippen molar-refractivity contribution in [1.29, 1.82) is 0 Å². The van der Waals surface area contributed by atoms with Gasteiger partial charge in [-0.1, -0.05) is 6.92 Å². The molecule has 1 atom stereocenters. The number of likely N-dealkylation sites (tertiary alicyclic amines) is 1. The first-order valence-electron chi connectivity index (χ1n) is 7.49. The molecule has 2 heterocycles. The van der Waals surface area contributed by atoms with Crippen LogP contribution in [-0.2, 0) is 18.4 Å². The molecule has 6 heteroatoms. The third kappa shape index (κ3) is 4.00. The van der Waals surface area contributed by atoms with Crippen molar-refractivity contribution in [3.05, 3.63) is 24.0 Å². The van der Waals surface area contributed by atoms with E-state index in [0.29, 0.717) is 6.42 Å². The number of aliphatic imine (C=N–C) groups is 1. The van der Waals surface area contributed by atoms with E-state index < -0.39 is 0 Å². The second kappa shape index (κ2) is 7.15. The molecule has 2 N–H and O–H groups in total. The highest BCUT2D eigenvalue weighted by molar-refractivity contribution is 5.80. The fourth-order valence-corrected chi connectivity index (χ4v) is 2.57. The molecule has 1 aromatic heterocycles. The van der Waals surface area contributed by atoms with E-state index >= 15 is 0 Å². The first-order valence-corrected chi connectivity index (χ1v) is 7.49. The van der Waals surface area contributed by atoms with Crippen LogP contribution in [0.2, 0.25) is 0 Å². The number of nitrogens with one attached hydrogen (secondary N) is 2. The molecule has 6 nitrogen and oxygen atoms in total. The number of nitrogens with zero attached hydrogens (tertiary/aromatic N) is 3. The predicted molar refractivity (Wildman–Crippen MR) is 84.0 cm³/mol. The topological polar surface area (TPSA) is 61.7 Å². The van der Waals surface area contributed by atoms with Gasteiger partial charge in [-0.2, -0.15) is 0 Å². The van der Waals surface area contributed by atoms with Crippen LogP contribution in [0.5, 0.6) is 0 Å². The van der Waals surface area contributed by atoms with Gasteiger partial charge in [-0.15, -0.1) is 0 Å². The second-order valence-electron chi connectivity index (χ2n) is 5.36. The van der Waals surface area contributed by atoms with E-state index in [2.05, 4.69) is 26.3 Å². The average molecular weight is 291 g/mol. The van der Waals surface area contributed by atoms with Crippen molar-refractivity contribution in [1.82, 2.24) is 20.1 Å². The van der Waals surface area contributed by atoms with Gasteiger partial charge in [0.25, 0.3) is 0 Å². The summed E-state index contributed by atoms with van der Waals surface area (Å²) in [5.74, 6) is 1.01. The zero-order valence-electron chi connectivity index (χ0n) is 13.1. The van der Waals surface area contributed by atoms with Gasteiger partial charge >= 0.3 is 0 Å². The van der Waals surface area contributed by atoms with Gasteiger partial charge in [-0.05, 0) is 18.6 Å². The van der Waals surface area contributed by atoms with Gasteiger partial charge in [0.2, 0.25) is 5.91 Å². The maximum atomic E-state index is 11.7. The summed E-state index contributed by atoms with van der Waals surface area (Å²) in [7, 11) is 3.79. The highest BCUT2D eigenvalue weighted by Gasteiger charge is 2.25.